The first kappa shape index (κ1) is 8.38. The normalized spacial score (nSPS) is 9.82. The average Bonchev–Trinajstić information content (AvgIpc) is 1.97. The Bertz CT molecular complexity index is 264. The molecule has 0 aliphatic rings. The van der Waals surface area contributed by atoms with E-state index in [1.54, 1.807) is 0 Å². The first-order valence-corrected chi connectivity index (χ1v) is 4.02. The summed E-state index contributed by atoms with van der Waals surface area (Å²) in [5, 5.41) is 0. The lowest BCUT2D eigenvalue weighted by Crippen LogP contribution is -2.15. The summed E-state index contributed by atoms with van der Waals surface area (Å²) in [6, 6.07) is 4.48. The van der Waals surface area contributed by atoms with Crippen molar-refractivity contribution in [1.29, 1.82) is 0 Å². The monoisotopic (exact) mass is 145 g/mol. The summed E-state index contributed by atoms with van der Waals surface area (Å²) in [6.45, 7) is 8.54. The van der Waals surface area contributed by atoms with Crippen LogP contribution in [0.2, 0.25) is 6.82 Å². The van der Waals surface area contributed by atoms with Gasteiger partial charge in [0.2, 0.25) is 0 Å². The summed E-state index contributed by atoms with van der Waals surface area (Å²) >= 11 is 0. The molecule has 0 atom stereocenters. The Kier molecular flexibility index (Phi) is 2.38. The first-order valence-electron chi connectivity index (χ1n) is 4.02. The maximum Gasteiger partial charge on any atom is 0.148 e. The molecule has 0 saturated carbocycles. The van der Waals surface area contributed by atoms with E-state index in [4.69, 9.17) is 0 Å². The van der Waals surface area contributed by atoms with Gasteiger partial charge >= 0.3 is 0 Å². The summed E-state index contributed by atoms with van der Waals surface area (Å²) in [7, 11) is 2.15. The third kappa shape index (κ3) is 1.65. The van der Waals surface area contributed by atoms with Gasteiger partial charge in [0.25, 0.3) is 0 Å². The Morgan fingerprint density at radius 3 is 2.00 bits per heavy atom. The fraction of sp³-hybridized carbons (Fsp3) is 0.400. The van der Waals surface area contributed by atoms with Crippen molar-refractivity contribution < 1.29 is 0 Å². The summed E-state index contributed by atoms with van der Waals surface area (Å²) in [4.78, 5) is 0. The minimum atomic E-state index is 1.35. The molecule has 1 rings (SSSR count). The molecule has 0 nitrogen and oxygen atoms in total. The van der Waals surface area contributed by atoms with Crippen LogP contribution in [-0.2, 0) is 0 Å². The lowest BCUT2D eigenvalue weighted by Gasteiger charge is -2.06. The Morgan fingerprint density at radius 1 is 0.909 bits per heavy atom. The molecule has 0 saturated heterocycles. The third-order valence-corrected chi connectivity index (χ3v) is 2.19. The van der Waals surface area contributed by atoms with E-state index in [2.05, 4.69) is 47.0 Å². The fourth-order valence-corrected chi connectivity index (χ4v) is 1.29. The van der Waals surface area contributed by atoms with Crippen LogP contribution in [0.25, 0.3) is 0 Å². The molecule has 0 fully saturated rings. The standard InChI is InChI=1S/C10H14B/c1-7-5-9(3)10(11-4)6-8(7)2/h5-6H,1-4H3. The Hall–Kier alpha value is -0.715. The number of aryl methyl sites for hydroxylation is 3. The van der Waals surface area contributed by atoms with Crippen LogP contribution in [0.4, 0.5) is 0 Å². The zero-order chi connectivity index (χ0) is 8.43. The van der Waals surface area contributed by atoms with Gasteiger partial charge in [0.15, 0.2) is 0 Å². The molecule has 57 valence electrons. The highest BCUT2D eigenvalue weighted by Gasteiger charge is 1.98. The predicted octanol–water partition coefficient (Wildman–Crippen LogP) is 1.99. The van der Waals surface area contributed by atoms with E-state index in [1.165, 1.54) is 22.2 Å². The fourth-order valence-electron chi connectivity index (χ4n) is 1.29. The van der Waals surface area contributed by atoms with Crippen LogP contribution in [0.3, 0.4) is 0 Å². The lowest BCUT2D eigenvalue weighted by atomic mass is 9.70. The highest BCUT2D eigenvalue weighted by atomic mass is 14.0. The van der Waals surface area contributed by atoms with Crippen molar-refractivity contribution in [3.8, 4) is 0 Å². The number of benzene rings is 1. The Labute approximate surface area is 69.9 Å². The molecule has 0 aliphatic heterocycles. The molecular weight excluding hydrogens is 131 g/mol. The third-order valence-electron chi connectivity index (χ3n) is 2.19. The predicted molar refractivity (Wildman–Crippen MR) is 51.9 cm³/mol. The van der Waals surface area contributed by atoms with E-state index >= 15 is 0 Å². The molecular formula is C10H14B. The Morgan fingerprint density at radius 2 is 1.45 bits per heavy atom. The minimum Gasteiger partial charge on any atom is -0.0872 e. The summed E-state index contributed by atoms with van der Waals surface area (Å²) in [5.74, 6) is 0. The summed E-state index contributed by atoms with van der Waals surface area (Å²) < 4.78 is 0. The molecule has 0 aromatic heterocycles. The second-order valence-corrected chi connectivity index (χ2v) is 3.08. The smallest absolute Gasteiger partial charge is 0.0872 e. The van der Waals surface area contributed by atoms with Crippen LogP contribution in [0.5, 0.6) is 0 Å². The molecule has 1 aromatic rings. The van der Waals surface area contributed by atoms with Gasteiger partial charge in [-0.1, -0.05) is 30.0 Å². The highest BCUT2D eigenvalue weighted by molar-refractivity contribution is 6.52. The van der Waals surface area contributed by atoms with Gasteiger partial charge in [0, 0.05) is 0 Å². The molecule has 0 aliphatic carbocycles. The summed E-state index contributed by atoms with van der Waals surface area (Å²) in [5.41, 5.74) is 5.49. The average molecular weight is 145 g/mol. The van der Waals surface area contributed by atoms with Gasteiger partial charge in [0.05, 0.1) is 0 Å². The Balaban J connectivity index is 3.21. The van der Waals surface area contributed by atoms with E-state index in [1.807, 2.05) is 0 Å². The van der Waals surface area contributed by atoms with Gasteiger partial charge in [-0.2, -0.15) is 0 Å². The van der Waals surface area contributed by atoms with E-state index < -0.39 is 0 Å². The van der Waals surface area contributed by atoms with Crippen molar-refractivity contribution in [3.63, 3.8) is 0 Å². The molecule has 0 amide bonds. The molecule has 1 heteroatoms. The van der Waals surface area contributed by atoms with Gasteiger partial charge in [0.1, 0.15) is 7.28 Å². The van der Waals surface area contributed by atoms with Gasteiger partial charge in [-0.05, 0) is 31.9 Å². The van der Waals surface area contributed by atoms with Crippen molar-refractivity contribution >= 4 is 12.7 Å². The quantitative estimate of drug-likeness (QED) is 0.530. The van der Waals surface area contributed by atoms with Crippen LogP contribution in [-0.4, -0.2) is 7.28 Å². The molecule has 0 heterocycles. The first-order chi connectivity index (χ1) is 5.15. The largest absolute Gasteiger partial charge is 0.148 e. The molecule has 1 radical (unpaired) electrons. The van der Waals surface area contributed by atoms with E-state index in [0.29, 0.717) is 0 Å². The van der Waals surface area contributed by atoms with Crippen LogP contribution >= 0.6 is 0 Å². The molecule has 0 bridgehead atoms. The van der Waals surface area contributed by atoms with Crippen LogP contribution in [0.15, 0.2) is 12.1 Å². The van der Waals surface area contributed by atoms with E-state index in [-0.39, 0.29) is 0 Å². The highest BCUT2D eigenvalue weighted by Crippen LogP contribution is 2.06. The number of hydrogen-bond donors (Lipinski definition) is 0. The van der Waals surface area contributed by atoms with Crippen LogP contribution < -0.4 is 5.46 Å². The van der Waals surface area contributed by atoms with Crippen molar-refractivity contribution in [2.75, 3.05) is 0 Å². The van der Waals surface area contributed by atoms with Crippen LogP contribution in [0, 0.1) is 20.8 Å². The number of rotatable bonds is 1. The molecule has 1 aromatic carbocycles. The molecule has 11 heavy (non-hydrogen) atoms. The molecule has 0 unspecified atom stereocenters. The second-order valence-electron chi connectivity index (χ2n) is 3.08. The lowest BCUT2D eigenvalue weighted by molar-refractivity contribution is 1.32. The van der Waals surface area contributed by atoms with Gasteiger partial charge in [-0.3, -0.25) is 0 Å². The minimum absolute atomic E-state index is 1.35. The molecule has 0 spiro atoms. The SMILES string of the molecule is C[B]c1cc(C)c(C)cc1C. The van der Waals surface area contributed by atoms with Crippen molar-refractivity contribution in [3.05, 3.63) is 28.8 Å². The van der Waals surface area contributed by atoms with E-state index in [0.717, 1.165) is 0 Å². The van der Waals surface area contributed by atoms with Gasteiger partial charge in [-0.15, -0.1) is 0 Å². The number of hydrogen-bond acceptors (Lipinski definition) is 0. The second kappa shape index (κ2) is 3.12. The maximum absolute atomic E-state index is 2.24. The van der Waals surface area contributed by atoms with Crippen LogP contribution in [0.1, 0.15) is 16.7 Å². The van der Waals surface area contributed by atoms with E-state index in [9.17, 15) is 0 Å². The zero-order valence-corrected chi connectivity index (χ0v) is 7.73. The topological polar surface area (TPSA) is 0 Å². The zero-order valence-electron chi connectivity index (χ0n) is 7.73. The van der Waals surface area contributed by atoms with Gasteiger partial charge < -0.3 is 0 Å². The molecule has 0 N–H and O–H groups in total. The van der Waals surface area contributed by atoms with Crippen molar-refractivity contribution in [2.24, 2.45) is 0 Å². The summed E-state index contributed by atoms with van der Waals surface area (Å²) in [6.07, 6.45) is 0. The van der Waals surface area contributed by atoms with Crippen molar-refractivity contribution in [1.82, 2.24) is 0 Å². The van der Waals surface area contributed by atoms with Crippen molar-refractivity contribution in [2.45, 2.75) is 27.6 Å². The maximum atomic E-state index is 2.24. The van der Waals surface area contributed by atoms with Gasteiger partial charge in [-0.25, -0.2) is 0 Å².